The molecule has 148 valence electrons. The van der Waals surface area contributed by atoms with Gasteiger partial charge in [0, 0.05) is 5.56 Å². The molecule has 2 N–H and O–H groups in total. The number of phenolic OH excluding ortho intramolecular Hbond substituents is 1. The van der Waals surface area contributed by atoms with E-state index in [1.54, 1.807) is 17.4 Å². The van der Waals surface area contributed by atoms with E-state index in [0.29, 0.717) is 25.4 Å². The molecule has 6 heteroatoms. The van der Waals surface area contributed by atoms with Crippen molar-refractivity contribution in [3.63, 3.8) is 0 Å². The molecule has 5 nitrogen and oxygen atoms in total. The Morgan fingerprint density at radius 3 is 2.68 bits per heavy atom. The van der Waals surface area contributed by atoms with Crippen molar-refractivity contribution < 1.29 is 14.6 Å². The van der Waals surface area contributed by atoms with Gasteiger partial charge in [-0.1, -0.05) is 20.8 Å². The van der Waals surface area contributed by atoms with Crippen LogP contribution in [0.25, 0.3) is 20.8 Å². The van der Waals surface area contributed by atoms with Crippen LogP contribution in [0.2, 0.25) is 0 Å². The minimum atomic E-state index is -0.146. The van der Waals surface area contributed by atoms with Crippen LogP contribution in [0, 0.1) is 5.41 Å². The predicted octanol–water partition coefficient (Wildman–Crippen LogP) is 5.75. The molecule has 0 aliphatic carbocycles. The van der Waals surface area contributed by atoms with Crippen molar-refractivity contribution >= 4 is 27.5 Å². The summed E-state index contributed by atoms with van der Waals surface area (Å²) >= 11 is 1.60. The number of rotatable bonds is 6. The third-order valence-electron chi connectivity index (χ3n) is 4.33. The molecule has 0 aliphatic rings. The summed E-state index contributed by atoms with van der Waals surface area (Å²) in [6, 6.07) is 11.5. The lowest BCUT2D eigenvalue weighted by atomic mass is 9.85. The van der Waals surface area contributed by atoms with Crippen LogP contribution in [-0.4, -0.2) is 29.2 Å². The molecule has 2 aromatic carbocycles. The number of thiazole rings is 1. The number of aromatic nitrogens is 1. The zero-order valence-corrected chi connectivity index (χ0v) is 17.5. The summed E-state index contributed by atoms with van der Waals surface area (Å²) in [5, 5.41) is 18.7. The Morgan fingerprint density at radius 2 is 1.96 bits per heavy atom. The van der Waals surface area contributed by atoms with Crippen LogP contribution in [-0.2, 0) is 10.2 Å². The SMILES string of the molecule is CCOC(=N)CCOc1ccc2nc(-c3ccc(O)c(C(C)(C)C)c3)sc2c1. The Hall–Kier alpha value is -2.60. The van der Waals surface area contributed by atoms with E-state index in [9.17, 15) is 5.11 Å². The van der Waals surface area contributed by atoms with Crippen molar-refractivity contribution in [2.24, 2.45) is 0 Å². The number of nitrogens with one attached hydrogen (secondary N) is 1. The van der Waals surface area contributed by atoms with Crippen LogP contribution in [0.5, 0.6) is 11.5 Å². The average Bonchev–Trinajstić information content (AvgIpc) is 3.04. The van der Waals surface area contributed by atoms with Crippen molar-refractivity contribution in [3.8, 4) is 22.1 Å². The number of fused-ring (bicyclic) bond motifs is 1. The quantitative estimate of drug-likeness (QED) is 0.409. The molecule has 1 aromatic heterocycles. The second kappa shape index (κ2) is 8.19. The van der Waals surface area contributed by atoms with E-state index >= 15 is 0 Å². The Balaban J connectivity index is 1.80. The molecule has 0 bridgehead atoms. The highest BCUT2D eigenvalue weighted by molar-refractivity contribution is 7.21. The van der Waals surface area contributed by atoms with Gasteiger partial charge in [-0.15, -0.1) is 11.3 Å². The van der Waals surface area contributed by atoms with Gasteiger partial charge in [0.1, 0.15) is 16.5 Å². The molecule has 0 amide bonds. The maximum atomic E-state index is 10.2. The molecule has 28 heavy (non-hydrogen) atoms. The maximum absolute atomic E-state index is 10.2. The van der Waals surface area contributed by atoms with E-state index in [-0.39, 0.29) is 11.3 Å². The molecule has 0 unspecified atom stereocenters. The second-order valence-corrected chi connectivity index (χ2v) is 8.62. The van der Waals surface area contributed by atoms with Crippen molar-refractivity contribution in [2.45, 2.75) is 39.5 Å². The molecule has 0 saturated carbocycles. The minimum absolute atomic E-state index is 0.146. The van der Waals surface area contributed by atoms with Crippen LogP contribution in [0.1, 0.15) is 39.7 Å². The molecule has 0 saturated heterocycles. The second-order valence-electron chi connectivity index (χ2n) is 7.59. The lowest BCUT2D eigenvalue weighted by Crippen LogP contribution is -2.11. The smallest absolute Gasteiger partial charge is 0.183 e. The highest BCUT2D eigenvalue weighted by Gasteiger charge is 2.19. The van der Waals surface area contributed by atoms with Crippen molar-refractivity contribution in [1.82, 2.24) is 4.98 Å². The van der Waals surface area contributed by atoms with E-state index < -0.39 is 0 Å². The van der Waals surface area contributed by atoms with Gasteiger partial charge in [-0.3, -0.25) is 5.41 Å². The molecular formula is C22H26N2O3S. The topological polar surface area (TPSA) is 75.4 Å². The number of aromatic hydroxyl groups is 1. The lowest BCUT2D eigenvalue weighted by Gasteiger charge is -2.20. The average molecular weight is 399 g/mol. The first-order valence-corrected chi connectivity index (χ1v) is 10.2. The first-order valence-electron chi connectivity index (χ1n) is 9.35. The Morgan fingerprint density at radius 1 is 1.18 bits per heavy atom. The van der Waals surface area contributed by atoms with E-state index in [1.807, 2.05) is 37.3 Å². The number of benzene rings is 2. The predicted molar refractivity (Wildman–Crippen MR) is 115 cm³/mol. The minimum Gasteiger partial charge on any atom is -0.508 e. The Labute approximate surface area is 169 Å². The Kier molecular flexibility index (Phi) is 5.89. The number of nitrogens with zero attached hydrogens (tertiary/aromatic N) is 1. The number of phenols is 1. The van der Waals surface area contributed by atoms with Gasteiger partial charge in [-0.05, 0) is 54.3 Å². The molecule has 0 radical (unpaired) electrons. The monoisotopic (exact) mass is 398 g/mol. The van der Waals surface area contributed by atoms with Crippen LogP contribution in [0.15, 0.2) is 36.4 Å². The van der Waals surface area contributed by atoms with Crippen LogP contribution in [0.4, 0.5) is 0 Å². The normalized spacial score (nSPS) is 11.6. The first kappa shape index (κ1) is 20.1. The number of hydrogen-bond donors (Lipinski definition) is 2. The van der Waals surface area contributed by atoms with E-state index in [4.69, 9.17) is 19.9 Å². The van der Waals surface area contributed by atoms with Gasteiger partial charge in [0.15, 0.2) is 5.90 Å². The fourth-order valence-electron chi connectivity index (χ4n) is 2.90. The fourth-order valence-corrected chi connectivity index (χ4v) is 3.89. The third-order valence-corrected chi connectivity index (χ3v) is 5.40. The van der Waals surface area contributed by atoms with E-state index in [0.717, 1.165) is 32.1 Å². The highest BCUT2D eigenvalue weighted by atomic mass is 32.1. The molecule has 1 heterocycles. The molecule has 3 rings (SSSR count). The summed E-state index contributed by atoms with van der Waals surface area (Å²) in [5.74, 6) is 1.31. The van der Waals surface area contributed by atoms with Crippen molar-refractivity contribution in [2.75, 3.05) is 13.2 Å². The molecular weight excluding hydrogens is 372 g/mol. The molecule has 0 atom stereocenters. The summed E-state index contributed by atoms with van der Waals surface area (Å²) in [6.07, 6.45) is 0.447. The molecule has 0 fully saturated rings. The number of ether oxygens (including phenoxy) is 2. The molecule has 0 aliphatic heterocycles. The van der Waals surface area contributed by atoms with Crippen LogP contribution in [0.3, 0.4) is 0 Å². The molecule has 3 aromatic rings. The number of hydrogen-bond acceptors (Lipinski definition) is 6. The zero-order chi connectivity index (χ0) is 20.3. The van der Waals surface area contributed by atoms with Gasteiger partial charge in [0.2, 0.25) is 0 Å². The summed E-state index contributed by atoms with van der Waals surface area (Å²) < 4.78 is 11.9. The lowest BCUT2D eigenvalue weighted by molar-refractivity contribution is 0.283. The van der Waals surface area contributed by atoms with E-state index in [1.165, 1.54) is 0 Å². The molecule has 0 spiro atoms. The summed E-state index contributed by atoms with van der Waals surface area (Å²) in [7, 11) is 0. The summed E-state index contributed by atoms with van der Waals surface area (Å²) in [6.45, 7) is 9.02. The standard InChI is InChI=1S/C22H26N2O3S/c1-5-26-20(23)10-11-27-15-7-8-17-19(13-15)28-21(24-17)14-6-9-18(25)16(12-14)22(2,3)4/h6-9,12-13,23,25H,5,10-11H2,1-4H3. The van der Waals surface area contributed by atoms with Gasteiger partial charge in [-0.2, -0.15) is 0 Å². The van der Waals surface area contributed by atoms with Gasteiger partial charge in [-0.25, -0.2) is 4.98 Å². The Bertz CT molecular complexity index is 989. The van der Waals surface area contributed by atoms with E-state index in [2.05, 4.69) is 20.8 Å². The van der Waals surface area contributed by atoms with Crippen molar-refractivity contribution in [1.29, 1.82) is 5.41 Å². The maximum Gasteiger partial charge on any atom is 0.183 e. The fraction of sp³-hybridized carbons (Fsp3) is 0.364. The van der Waals surface area contributed by atoms with Gasteiger partial charge in [0.05, 0.1) is 29.9 Å². The summed E-state index contributed by atoms with van der Waals surface area (Å²) in [4.78, 5) is 4.74. The summed E-state index contributed by atoms with van der Waals surface area (Å²) in [5.41, 5.74) is 2.67. The zero-order valence-electron chi connectivity index (χ0n) is 16.7. The first-order chi connectivity index (χ1) is 13.3. The van der Waals surface area contributed by atoms with Crippen molar-refractivity contribution in [3.05, 3.63) is 42.0 Å². The third kappa shape index (κ3) is 4.62. The van der Waals surface area contributed by atoms with Crippen LogP contribution >= 0.6 is 11.3 Å². The van der Waals surface area contributed by atoms with Crippen LogP contribution < -0.4 is 4.74 Å². The van der Waals surface area contributed by atoms with Gasteiger partial charge >= 0.3 is 0 Å². The highest BCUT2D eigenvalue weighted by Crippen LogP contribution is 2.37. The van der Waals surface area contributed by atoms with Gasteiger partial charge in [0.25, 0.3) is 0 Å². The van der Waals surface area contributed by atoms with Gasteiger partial charge < -0.3 is 14.6 Å². The largest absolute Gasteiger partial charge is 0.508 e.